The van der Waals surface area contributed by atoms with Crippen molar-refractivity contribution in [2.75, 3.05) is 56.6 Å². The molecule has 3 aliphatic rings. The zero-order valence-electron chi connectivity index (χ0n) is 34.2. The van der Waals surface area contributed by atoms with Crippen LogP contribution in [0.5, 0.6) is 5.75 Å². The van der Waals surface area contributed by atoms with E-state index in [0.29, 0.717) is 84.7 Å². The summed E-state index contributed by atoms with van der Waals surface area (Å²) in [5, 5.41) is 26.7. The summed E-state index contributed by atoms with van der Waals surface area (Å²) >= 11 is 6.58. The lowest BCUT2D eigenvalue weighted by molar-refractivity contribution is -0.134. The highest BCUT2D eigenvalue weighted by molar-refractivity contribution is 6.33. The minimum Gasteiger partial charge on any atom is -0.478 e. The molecule has 3 fully saturated rings. The molecule has 60 heavy (non-hydrogen) atoms. The number of piperidine rings is 3. The number of aryl methyl sites for hydroxylation is 1. The lowest BCUT2D eigenvalue weighted by Crippen LogP contribution is -2.52. The summed E-state index contributed by atoms with van der Waals surface area (Å²) in [5.74, 6) is -0.0900. The number of nitrogens with zero attached hydrogens (tertiary/aromatic N) is 8. The van der Waals surface area contributed by atoms with E-state index in [-0.39, 0.29) is 41.7 Å². The Morgan fingerprint density at radius 3 is 2.55 bits per heavy atom. The lowest BCUT2D eigenvalue weighted by Gasteiger charge is -2.42. The molecule has 1 atom stereocenters. The van der Waals surface area contributed by atoms with Gasteiger partial charge >= 0.3 is 0 Å². The van der Waals surface area contributed by atoms with Gasteiger partial charge in [0.2, 0.25) is 17.8 Å². The second kappa shape index (κ2) is 16.8. The Balaban J connectivity index is 0.895. The molecule has 0 saturated carbocycles. The van der Waals surface area contributed by atoms with Gasteiger partial charge in [-0.05, 0) is 82.7 Å². The van der Waals surface area contributed by atoms with Crippen LogP contribution in [0.1, 0.15) is 81.5 Å². The van der Waals surface area contributed by atoms with Crippen molar-refractivity contribution in [1.82, 2.24) is 44.8 Å². The summed E-state index contributed by atoms with van der Waals surface area (Å²) in [7, 11) is 3.42. The van der Waals surface area contributed by atoms with Crippen LogP contribution in [-0.4, -0.2) is 109 Å². The number of halogens is 1. The van der Waals surface area contributed by atoms with Crippen molar-refractivity contribution in [3.63, 3.8) is 0 Å². The normalized spacial score (nSPS) is 18.9. The number of fused-ring (bicyclic) bond motifs is 2. The number of hydrogen-bond acceptors (Lipinski definition) is 13. The third-order valence-electron chi connectivity index (χ3n) is 12.0. The molecular formula is C42H50ClN11O6. The second-order valence-electron chi connectivity index (χ2n) is 16.4. The molecule has 0 spiro atoms. The van der Waals surface area contributed by atoms with Gasteiger partial charge in [0.15, 0.2) is 18.2 Å². The highest BCUT2D eigenvalue weighted by Crippen LogP contribution is 2.38. The van der Waals surface area contributed by atoms with Crippen LogP contribution < -0.4 is 31.1 Å². The number of aliphatic hydroxyl groups is 1. The number of hydrogen-bond donors (Lipinski definition) is 4. The molecule has 7 heterocycles. The van der Waals surface area contributed by atoms with Gasteiger partial charge in [-0.1, -0.05) is 29.8 Å². The monoisotopic (exact) mass is 839 g/mol. The molecule has 0 bridgehead atoms. The van der Waals surface area contributed by atoms with Crippen molar-refractivity contribution in [3.8, 4) is 5.75 Å². The first-order valence-corrected chi connectivity index (χ1v) is 20.9. The molecule has 8 rings (SSSR count). The van der Waals surface area contributed by atoms with Crippen LogP contribution in [0.3, 0.4) is 0 Å². The summed E-state index contributed by atoms with van der Waals surface area (Å²) in [6.07, 6.45) is 6.90. The van der Waals surface area contributed by atoms with E-state index in [1.807, 2.05) is 43.8 Å². The molecule has 4 aromatic heterocycles. The summed E-state index contributed by atoms with van der Waals surface area (Å²) in [6.45, 7) is 6.86. The summed E-state index contributed by atoms with van der Waals surface area (Å²) in [4.78, 5) is 67.8. The number of β-amino-alcohol motifs (C(OH)–C–C–N with tert-alkyl or cyclic N) is 1. The Morgan fingerprint density at radius 2 is 1.83 bits per heavy atom. The van der Waals surface area contributed by atoms with Crippen molar-refractivity contribution in [2.24, 2.45) is 7.05 Å². The van der Waals surface area contributed by atoms with E-state index >= 15 is 0 Å². The number of rotatable bonds is 11. The number of aromatic nitrogens is 6. The number of imide groups is 1. The Hall–Kier alpha value is -5.65. The lowest BCUT2D eigenvalue weighted by atomic mass is 9.85. The number of para-hydroxylation sites is 1. The maximum absolute atomic E-state index is 13.2. The van der Waals surface area contributed by atoms with E-state index in [1.54, 1.807) is 18.5 Å². The minimum absolute atomic E-state index is 0.0396. The molecule has 316 valence electrons. The Bertz CT molecular complexity index is 2520. The highest BCUT2D eigenvalue weighted by atomic mass is 35.5. The number of nitrogens with one attached hydrogen (secondary N) is 3. The predicted molar refractivity (Wildman–Crippen MR) is 227 cm³/mol. The molecule has 0 aliphatic carbocycles. The fourth-order valence-corrected chi connectivity index (χ4v) is 8.97. The van der Waals surface area contributed by atoms with E-state index < -0.39 is 11.5 Å². The third-order valence-corrected chi connectivity index (χ3v) is 12.3. The van der Waals surface area contributed by atoms with Gasteiger partial charge in [0.05, 0.1) is 40.8 Å². The van der Waals surface area contributed by atoms with Gasteiger partial charge in [0, 0.05) is 57.0 Å². The number of likely N-dealkylation sites (tertiary alicyclic amines) is 1. The summed E-state index contributed by atoms with van der Waals surface area (Å²) < 4.78 is 9.00. The van der Waals surface area contributed by atoms with E-state index in [0.717, 1.165) is 42.5 Å². The van der Waals surface area contributed by atoms with Gasteiger partial charge in [-0.3, -0.25) is 33.7 Å². The van der Waals surface area contributed by atoms with Crippen molar-refractivity contribution in [1.29, 1.82) is 0 Å². The molecule has 3 amide bonds. The first-order valence-electron chi connectivity index (χ1n) is 20.5. The number of carbonyl (C=O) groups is 3. The Kier molecular flexibility index (Phi) is 11.5. The standard InChI is InChI=1S/C42H50ClN11O6/c1-24(2)54-38-26(19-32(40(54)58)60-22-34(56)44-3)18-27(20-45-38)47-37-31(43)21-46-41(49-37)53-16-12-42(59,13-17-53)23-52-14-10-25(11-15-52)28-6-5-7-29-35(50-51(4)36(28)29)30-8-9-33(55)48-39(30)57/h5-7,18-21,24-25,30,59H,8-17,22-23H2,1-4H3,(H,44,56)(H,46,47,49)(H,48,55,57). The van der Waals surface area contributed by atoms with Crippen LogP contribution >= 0.6 is 11.6 Å². The van der Waals surface area contributed by atoms with Gasteiger partial charge in [0.1, 0.15) is 10.7 Å². The minimum atomic E-state index is -0.855. The van der Waals surface area contributed by atoms with Crippen LogP contribution in [0.2, 0.25) is 5.02 Å². The summed E-state index contributed by atoms with van der Waals surface area (Å²) in [5.41, 5.74) is 2.80. The maximum atomic E-state index is 13.2. The zero-order chi connectivity index (χ0) is 42.3. The van der Waals surface area contributed by atoms with Crippen molar-refractivity contribution < 1.29 is 24.2 Å². The molecule has 4 N–H and O–H groups in total. The molecule has 0 radical (unpaired) electrons. The fraction of sp³-hybridized carbons (Fsp3) is 0.476. The number of anilines is 3. The Morgan fingerprint density at radius 1 is 1.07 bits per heavy atom. The fourth-order valence-electron chi connectivity index (χ4n) is 8.84. The van der Waals surface area contributed by atoms with Crippen LogP contribution in [0.15, 0.2) is 47.5 Å². The van der Waals surface area contributed by atoms with Gasteiger partial charge in [-0.2, -0.15) is 10.1 Å². The Labute approximate surface area is 351 Å². The molecule has 1 unspecified atom stereocenters. The number of carbonyl (C=O) groups excluding carboxylic acids is 3. The molecule has 5 aromatic rings. The largest absolute Gasteiger partial charge is 0.478 e. The number of pyridine rings is 2. The SMILES string of the molecule is CNC(=O)COc1cc2cc(Nc3nc(N4CCC(O)(CN5CCC(c6cccc7c(C8CCC(=O)NC8=O)nn(C)c67)CC5)CC4)ncc3Cl)cnc2n(C(C)C)c1=O. The average molecular weight is 840 g/mol. The van der Waals surface area contributed by atoms with Gasteiger partial charge in [0.25, 0.3) is 11.5 Å². The van der Waals surface area contributed by atoms with Crippen molar-refractivity contribution in [2.45, 2.75) is 75.9 Å². The van der Waals surface area contributed by atoms with Crippen LogP contribution in [0.25, 0.3) is 21.9 Å². The van der Waals surface area contributed by atoms with Gasteiger partial charge < -0.3 is 30.3 Å². The molecule has 3 aliphatic heterocycles. The average Bonchev–Trinajstić information content (AvgIpc) is 3.57. The summed E-state index contributed by atoms with van der Waals surface area (Å²) in [6, 6.07) is 9.40. The molecular weight excluding hydrogens is 790 g/mol. The van der Waals surface area contributed by atoms with Crippen molar-refractivity contribution in [3.05, 3.63) is 69.4 Å². The molecule has 1 aromatic carbocycles. The predicted octanol–water partition coefficient (Wildman–Crippen LogP) is 3.91. The van der Waals surface area contributed by atoms with E-state index in [1.165, 1.54) is 17.2 Å². The molecule has 17 nitrogen and oxygen atoms in total. The number of likely N-dealkylation sites (N-methyl/N-ethyl adjacent to an activating group) is 1. The second-order valence-corrected chi connectivity index (χ2v) is 16.8. The van der Waals surface area contributed by atoms with Gasteiger partial charge in [-0.25, -0.2) is 9.97 Å². The molecule has 18 heteroatoms. The third kappa shape index (κ3) is 8.25. The topological polar surface area (TPSA) is 202 Å². The van der Waals surface area contributed by atoms with E-state index in [4.69, 9.17) is 26.4 Å². The van der Waals surface area contributed by atoms with E-state index in [9.17, 15) is 24.3 Å². The van der Waals surface area contributed by atoms with Crippen LogP contribution in [0.4, 0.5) is 17.5 Å². The first kappa shape index (κ1) is 41.1. The highest BCUT2D eigenvalue weighted by Gasteiger charge is 2.37. The quantitative estimate of drug-likeness (QED) is 0.140. The zero-order valence-corrected chi connectivity index (χ0v) is 35.0. The molecule has 3 saturated heterocycles. The first-order chi connectivity index (χ1) is 28.8. The number of amides is 3. The number of benzene rings is 1. The van der Waals surface area contributed by atoms with Gasteiger partial charge in [-0.15, -0.1) is 0 Å². The van der Waals surface area contributed by atoms with Crippen molar-refractivity contribution >= 4 is 68.7 Å². The van der Waals surface area contributed by atoms with Crippen LogP contribution in [0, 0.1) is 0 Å². The maximum Gasteiger partial charge on any atom is 0.294 e. The smallest absolute Gasteiger partial charge is 0.294 e. The number of ether oxygens (including phenoxy) is 1. The van der Waals surface area contributed by atoms with E-state index in [2.05, 4.69) is 41.8 Å². The van der Waals surface area contributed by atoms with Crippen LogP contribution in [-0.2, 0) is 21.4 Å².